The van der Waals surface area contributed by atoms with Crippen LogP contribution in [-0.4, -0.2) is 36.1 Å². The number of hydrogen-bond donors (Lipinski definition) is 0. The molecule has 2 aliphatic rings. The van der Waals surface area contributed by atoms with E-state index < -0.39 is 24.3 Å². The van der Waals surface area contributed by atoms with E-state index in [4.69, 9.17) is 9.47 Å². The van der Waals surface area contributed by atoms with Crippen LogP contribution in [0.5, 0.6) is 5.75 Å². The summed E-state index contributed by atoms with van der Waals surface area (Å²) in [7, 11) is 0. The number of benzene rings is 3. The van der Waals surface area contributed by atoms with Gasteiger partial charge in [0.25, 0.3) is 0 Å². The number of ether oxygens (including phenoxy) is 2. The lowest BCUT2D eigenvalue weighted by molar-refractivity contribution is -0.122. The van der Waals surface area contributed by atoms with Crippen molar-refractivity contribution in [3.63, 3.8) is 0 Å². The van der Waals surface area contributed by atoms with Gasteiger partial charge in [0, 0.05) is 5.56 Å². The molecule has 0 spiro atoms. The van der Waals surface area contributed by atoms with Crippen LogP contribution in [-0.2, 0) is 14.3 Å². The van der Waals surface area contributed by atoms with Gasteiger partial charge in [0.2, 0.25) is 11.8 Å². The number of allylic oxidation sites excluding steroid dienone is 2. The number of carbonyl (C=O) groups is 5. The number of anilines is 1. The highest BCUT2D eigenvalue weighted by atomic mass is 16.5. The fourth-order valence-electron chi connectivity index (χ4n) is 4.69. The first-order chi connectivity index (χ1) is 18.8. The maximum atomic E-state index is 12.9. The summed E-state index contributed by atoms with van der Waals surface area (Å²) in [4.78, 5) is 64.4. The van der Waals surface area contributed by atoms with Gasteiger partial charge in [-0.15, -0.1) is 0 Å². The highest BCUT2D eigenvalue weighted by Gasteiger charge is 2.47. The molecule has 2 atom stereocenters. The second-order valence-electron chi connectivity index (χ2n) is 9.50. The maximum Gasteiger partial charge on any atom is 0.343 e. The first-order valence-corrected chi connectivity index (χ1v) is 12.5. The average molecular weight is 524 g/mol. The van der Waals surface area contributed by atoms with Crippen LogP contribution in [0.3, 0.4) is 0 Å². The van der Waals surface area contributed by atoms with E-state index in [1.165, 1.54) is 36.4 Å². The molecule has 0 aromatic heterocycles. The Labute approximate surface area is 224 Å². The Morgan fingerprint density at radius 3 is 2.03 bits per heavy atom. The molecule has 3 aromatic rings. The van der Waals surface area contributed by atoms with Crippen LogP contribution in [0.1, 0.15) is 49.5 Å². The van der Waals surface area contributed by atoms with Crippen LogP contribution >= 0.6 is 0 Å². The van der Waals surface area contributed by atoms with Crippen LogP contribution < -0.4 is 9.64 Å². The molecule has 0 unspecified atom stereocenters. The number of amides is 2. The van der Waals surface area contributed by atoms with E-state index in [2.05, 4.69) is 0 Å². The molecule has 2 amide bonds. The van der Waals surface area contributed by atoms with Crippen molar-refractivity contribution in [2.45, 2.75) is 19.8 Å². The minimum Gasteiger partial charge on any atom is -0.454 e. The van der Waals surface area contributed by atoms with Crippen LogP contribution in [0.25, 0.3) is 0 Å². The molecular formula is C31H25NO7. The lowest BCUT2D eigenvalue weighted by Gasteiger charge is -2.15. The summed E-state index contributed by atoms with van der Waals surface area (Å²) in [5.74, 6) is -2.76. The van der Waals surface area contributed by atoms with Gasteiger partial charge in [-0.3, -0.25) is 19.3 Å². The number of aryl methyl sites for hydroxylation is 1. The first kappa shape index (κ1) is 25.8. The second kappa shape index (κ2) is 10.9. The van der Waals surface area contributed by atoms with Gasteiger partial charge >= 0.3 is 11.9 Å². The Morgan fingerprint density at radius 1 is 0.769 bits per heavy atom. The lowest BCUT2D eigenvalue weighted by atomic mass is 9.85. The predicted molar refractivity (Wildman–Crippen MR) is 141 cm³/mol. The summed E-state index contributed by atoms with van der Waals surface area (Å²) in [6.45, 7) is 1.41. The normalized spacial score (nSPS) is 18.0. The molecule has 1 aliphatic heterocycles. The molecule has 39 heavy (non-hydrogen) atoms. The third kappa shape index (κ3) is 5.40. The molecule has 8 nitrogen and oxygen atoms in total. The van der Waals surface area contributed by atoms with Gasteiger partial charge in [-0.05, 0) is 74.4 Å². The van der Waals surface area contributed by atoms with E-state index in [0.717, 1.165) is 10.5 Å². The number of Topliss-reactive ketones (excluding diaryl/α,β-unsaturated/α-hetero) is 1. The fraction of sp³-hybridized carbons (Fsp3) is 0.194. The Morgan fingerprint density at radius 2 is 1.38 bits per heavy atom. The van der Waals surface area contributed by atoms with Crippen molar-refractivity contribution < 1.29 is 33.4 Å². The van der Waals surface area contributed by atoms with E-state index >= 15 is 0 Å². The molecule has 0 N–H and O–H groups in total. The smallest absolute Gasteiger partial charge is 0.343 e. The Bertz CT molecular complexity index is 1460. The third-order valence-electron chi connectivity index (χ3n) is 6.86. The largest absolute Gasteiger partial charge is 0.454 e. The van der Waals surface area contributed by atoms with Gasteiger partial charge in [0.05, 0.1) is 28.7 Å². The molecule has 0 bridgehead atoms. The minimum absolute atomic E-state index is 0.118. The van der Waals surface area contributed by atoms with Crippen molar-refractivity contribution >= 4 is 35.2 Å². The topological polar surface area (TPSA) is 107 Å². The lowest BCUT2D eigenvalue weighted by Crippen LogP contribution is -2.31. The quantitative estimate of drug-likeness (QED) is 0.145. The molecular weight excluding hydrogens is 498 g/mol. The third-order valence-corrected chi connectivity index (χ3v) is 6.86. The van der Waals surface area contributed by atoms with Gasteiger partial charge in [-0.25, -0.2) is 9.59 Å². The summed E-state index contributed by atoms with van der Waals surface area (Å²) in [6, 6.07) is 19.0. The van der Waals surface area contributed by atoms with Crippen molar-refractivity contribution in [2.75, 3.05) is 11.5 Å². The molecule has 1 aliphatic carbocycles. The Hall–Kier alpha value is -4.85. The van der Waals surface area contributed by atoms with Crippen LogP contribution in [0.2, 0.25) is 0 Å². The Balaban J connectivity index is 1.18. The second-order valence-corrected chi connectivity index (χ2v) is 9.50. The van der Waals surface area contributed by atoms with Crippen LogP contribution in [0.15, 0.2) is 84.9 Å². The number of carbonyl (C=O) groups excluding carboxylic acids is 5. The van der Waals surface area contributed by atoms with Gasteiger partial charge in [-0.2, -0.15) is 0 Å². The van der Waals surface area contributed by atoms with Gasteiger partial charge in [0.15, 0.2) is 12.4 Å². The van der Waals surface area contributed by atoms with E-state index in [-0.39, 0.29) is 40.5 Å². The molecule has 1 heterocycles. The molecule has 1 saturated heterocycles. The maximum absolute atomic E-state index is 12.9. The number of hydrogen-bond acceptors (Lipinski definition) is 7. The van der Waals surface area contributed by atoms with Crippen molar-refractivity contribution in [2.24, 2.45) is 11.8 Å². The van der Waals surface area contributed by atoms with Gasteiger partial charge in [0.1, 0.15) is 5.75 Å². The molecule has 3 aromatic carbocycles. The SMILES string of the molecule is Cc1ccc(C(=O)Oc2ccc(C(=O)COC(=O)c3cccc(N4C(=O)[C@H]5CC=CC[C@H]5C4=O)c3)cc2)cc1. The van der Waals surface area contributed by atoms with Crippen LogP contribution in [0.4, 0.5) is 5.69 Å². The molecule has 8 heteroatoms. The van der Waals surface area contributed by atoms with Crippen molar-refractivity contribution in [3.05, 3.63) is 107 Å². The van der Waals surface area contributed by atoms with Crippen molar-refractivity contribution in [3.8, 4) is 5.75 Å². The number of imide groups is 1. The predicted octanol–water partition coefficient (Wildman–Crippen LogP) is 4.71. The molecule has 0 radical (unpaired) electrons. The zero-order chi connectivity index (χ0) is 27.5. The molecule has 5 rings (SSSR count). The zero-order valence-corrected chi connectivity index (χ0v) is 21.2. The molecule has 0 saturated carbocycles. The molecule has 196 valence electrons. The standard InChI is InChI=1S/C31H25NO7/c1-19-9-11-21(12-10-19)31(37)39-24-15-13-20(14-16-24)27(33)18-38-30(36)22-5-4-6-23(17-22)32-28(34)25-7-2-3-8-26(25)29(32)35/h2-6,9-17,25-26H,7-8,18H2,1H3/t25-,26+. The van der Waals surface area contributed by atoms with Gasteiger partial charge < -0.3 is 9.47 Å². The van der Waals surface area contributed by atoms with E-state index in [1.54, 1.807) is 24.3 Å². The first-order valence-electron chi connectivity index (χ1n) is 12.5. The summed E-state index contributed by atoms with van der Waals surface area (Å²) >= 11 is 0. The van der Waals surface area contributed by atoms with E-state index in [9.17, 15) is 24.0 Å². The summed E-state index contributed by atoms with van der Waals surface area (Å²) in [5, 5.41) is 0. The van der Waals surface area contributed by atoms with Crippen molar-refractivity contribution in [1.82, 2.24) is 0 Å². The van der Waals surface area contributed by atoms with Crippen molar-refractivity contribution in [1.29, 1.82) is 0 Å². The Kier molecular flexibility index (Phi) is 7.19. The van der Waals surface area contributed by atoms with E-state index in [0.29, 0.717) is 24.1 Å². The summed E-state index contributed by atoms with van der Waals surface area (Å²) in [5.41, 5.74) is 2.12. The monoisotopic (exact) mass is 523 g/mol. The number of ketones is 1. The highest BCUT2D eigenvalue weighted by molar-refractivity contribution is 6.22. The molecule has 1 fully saturated rings. The number of esters is 2. The summed E-state index contributed by atoms with van der Waals surface area (Å²) in [6.07, 6.45) is 4.86. The zero-order valence-electron chi connectivity index (χ0n) is 21.2. The van der Waals surface area contributed by atoms with Gasteiger partial charge in [-0.1, -0.05) is 35.9 Å². The number of fused-ring (bicyclic) bond motifs is 1. The minimum atomic E-state index is -0.757. The highest BCUT2D eigenvalue weighted by Crippen LogP contribution is 2.37. The van der Waals surface area contributed by atoms with Crippen LogP contribution in [0, 0.1) is 18.8 Å². The summed E-state index contributed by atoms with van der Waals surface area (Å²) < 4.78 is 10.5. The number of rotatable bonds is 7. The average Bonchev–Trinajstić information content (AvgIpc) is 3.21. The fourth-order valence-corrected chi connectivity index (χ4v) is 4.69. The van der Waals surface area contributed by atoms with E-state index in [1.807, 2.05) is 31.2 Å². The number of nitrogens with zero attached hydrogens (tertiary/aromatic N) is 1.